The molecule has 7 heteroatoms. The largest absolute Gasteiger partial charge is 0.496 e. The van der Waals surface area contributed by atoms with Crippen LogP contribution in [0.4, 0.5) is 0 Å². The summed E-state index contributed by atoms with van der Waals surface area (Å²) in [6.45, 7) is 6.64. The summed E-state index contributed by atoms with van der Waals surface area (Å²) in [7, 11) is 1.71. The van der Waals surface area contributed by atoms with Gasteiger partial charge in [0.05, 0.1) is 12.1 Å². The summed E-state index contributed by atoms with van der Waals surface area (Å²) >= 11 is 1.75. The lowest BCUT2D eigenvalue weighted by molar-refractivity contribution is 0.409. The van der Waals surface area contributed by atoms with Crippen LogP contribution in [0.3, 0.4) is 0 Å². The van der Waals surface area contributed by atoms with Gasteiger partial charge in [-0.25, -0.2) is 4.98 Å². The average molecular weight is 502 g/mol. The van der Waals surface area contributed by atoms with Crippen LogP contribution in [0, 0.1) is 6.92 Å². The third kappa shape index (κ3) is 8.92. The minimum Gasteiger partial charge on any atom is -0.496 e. The van der Waals surface area contributed by atoms with Crippen molar-refractivity contribution < 1.29 is 4.74 Å². The summed E-state index contributed by atoms with van der Waals surface area (Å²) in [4.78, 5) is 9.17. The Morgan fingerprint density at radius 2 is 2.00 bits per heavy atom. The Morgan fingerprint density at radius 1 is 1.19 bits per heavy atom. The molecule has 0 atom stereocenters. The van der Waals surface area contributed by atoms with Crippen molar-refractivity contribution in [3.8, 4) is 5.75 Å². The van der Waals surface area contributed by atoms with E-state index in [1.807, 2.05) is 25.1 Å². The highest BCUT2D eigenvalue weighted by molar-refractivity contribution is 14.0. The third-order valence-corrected chi connectivity index (χ3v) is 4.99. The van der Waals surface area contributed by atoms with Crippen LogP contribution in [0.5, 0.6) is 5.75 Å². The number of hydrogen-bond donors (Lipinski definition) is 2. The molecule has 0 aliphatic rings. The number of halogens is 1. The summed E-state index contributed by atoms with van der Waals surface area (Å²) in [5.41, 5.74) is 2.33. The smallest absolute Gasteiger partial charge is 0.191 e. The fourth-order valence-corrected chi connectivity index (χ4v) is 3.48. The van der Waals surface area contributed by atoms with Crippen LogP contribution in [0.15, 0.2) is 34.6 Å². The molecule has 2 aromatic rings. The van der Waals surface area contributed by atoms with E-state index >= 15 is 0 Å². The van der Waals surface area contributed by atoms with E-state index < -0.39 is 0 Å². The number of aromatic nitrogens is 1. The molecule has 1 aromatic carbocycles. The fraction of sp³-hybridized carbons (Fsp3) is 0.500. The Labute approximate surface area is 184 Å². The number of thiazole rings is 1. The molecule has 0 amide bonds. The molecule has 0 unspecified atom stereocenters. The van der Waals surface area contributed by atoms with Gasteiger partial charge in [0, 0.05) is 30.7 Å². The topological polar surface area (TPSA) is 58.5 Å². The molecule has 27 heavy (non-hydrogen) atoms. The first-order valence-corrected chi connectivity index (χ1v) is 10.2. The van der Waals surface area contributed by atoms with Crippen molar-refractivity contribution in [3.63, 3.8) is 0 Å². The Bertz CT molecular complexity index is 690. The van der Waals surface area contributed by atoms with Crippen LogP contribution in [0.1, 0.15) is 36.0 Å². The van der Waals surface area contributed by atoms with Crippen LogP contribution < -0.4 is 15.4 Å². The van der Waals surface area contributed by atoms with Crippen molar-refractivity contribution in [3.05, 3.63) is 45.9 Å². The molecule has 1 aromatic heterocycles. The highest BCUT2D eigenvalue weighted by Crippen LogP contribution is 2.17. The zero-order chi connectivity index (χ0) is 18.6. The van der Waals surface area contributed by atoms with Crippen molar-refractivity contribution in [2.24, 2.45) is 4.99 Å². The number of guanidine groups is 1. The summed E-state index contributed by atoms with van der Waals surface area (Å²) in [5, 5.41) is 10.1. The molecule has 0 fully saturated rings. The number of hydrogen-bond acceptors (Lipinski definition) is 4. The summed E-state index contributed by atoms with van der Waals surface area (Å²) in [6.07, 6.45) is 4.14. The normalized spacial score (nSPS) is 11.0. The number of benzene rings is 1. The highest BCUT2D eigenvalue weighted by atomic mass is 127. The van der Waals surface area contributed by atoms with Crippen molar-refractivity contribution in [1.82, 2.24) is 15.6 Å². The van der Waals surface area contributed by atoms with Gasteiger partial charge in [-0.3, -0.25) is 4.99 Å². The van der Waals surface area contributed by atoms with Crippen LogP contribution in [0.2, 0.25) is 0 Å². The quantitative estimate of drug-likeness (QED) is 0.221. The van der Waals surface area contributed by atoms with Crippen LogP contribution >= 0.6 is 35.3 Å². The summed E-state index contributed by atoms with van der Waals surface area (Å²) in [6, 6.07) is 8.14. The molecule has 150 valence electrons. The SMILES string of the molecule is CCNC(=NCCCCc1nc(C)cs1)NCCc1ccccc1OC.I. The molecule has 5 nitrogen and oxygen atoms in total. The molecular formula is C20H31IN4OS. The number of nitrogens with one attached hydrogen (secondary N) is 2. The van der Waals surface area contributed by atoms with Gasteiger partial charge in [-0.15, -0.1) is 35.3 Å². The highest BCUT2D eigenvalue weighted by Gasteiger charge is 2.03. The molecule has 0 spiro atoms. The minimum atomic E-state index is 0. The Hall–Kier alpha value is -1.35. The number of aliphatic imine (C=N–C) groups is 1. The zero-order valence-electron chi connectivity index (χ0n) is 16.5. The first-order chi connectivity index (χ1) is 12.7. The fourth-order valence-electron chi connectivity index (χ4n) is 2.66. The van der Waals surface area contributed by atoms with E-state index in [0.29, 0.717) is 0 Å². The zero-order valence-corrected chi connectivity index (χ0v) is 19.6. The molecular weight excluding hydrogens is 471 g/mol. The number of ether oxygens (including phenoxy) is 1. The molecule has 0 radical (unpaired) electrons. The minimum absolute atomic E-state index is 0. The van der Waals surface area contributed by atoms with E-state index in [1.165, 1.54) is 10.6 Å². The van der Waals surface area contributed by atoms with Crippen LogP contribution in [-0.4, -0.2) is 37.7 Å². The second-order valence-electron chi connectivity index (χ2n) is 6.09. The maximum absolute atomic E-state index is 5.40. The van der Waals surface area contributed by atoms with Crippen molar-refractivity contribution in [2.45, 2.75) is 39.5 Å². The maximum atomic E-state index is 5.40. The average Bonchev–Trinajstić information content (AvgIpc) is 3.07. The van der Waals surface area contributed by atoms with Crippen LogP contribution in [-0.2, 0) is 12.8 Å². The van der Waals surface area contributed by atoms with E-state index in [2.05, 4.69) is 39.0 Å². The van der Waals surface area contributed by atoms with E-state index in [0.717, 1.165) is 62.7 Å². The van der Waals surface area contributed by atoms with Crippen molar-refractivity contribution in [1.29, 1.82) is 0 Å². The molecule has 0 bridgehead atoms. The predicted octanol–water partition coefficient (Wildman–Crippen LogP) is 4.20. The Morgan fingerprint density at radius 3 is 2.70 bits per heavy atom. The first-order valence-electron chi connectivity index (χ1n) is 9.28. The molecule has 2 rings (SSSR count). The van der Waals surface area contributed by atoms with E-state index in [9.17, 15) is 0 Å². The van der Waals surface area contributed by atoms with Gasteiger partial charge in [0.25, 0.3) is 0 Å². The first kappa shape index (κ1) is 23.7. The maximum Gasteiger partial charge on any atom is 0.191 e. The van der Waals surface area contributed by atoms with Gasteiger partial charge in [-0.2, -0.15) is 0 Å². The lowest BCUT2D eigenvalue weighted by atomic mass is 10.1. The van der Waals surface area contributed by atoms with Gasteiger partial charge >= 0.3 is 0 Å². The monoisotopic (exact) mass is 502 g/mol. The van der Waals surface area contributed by atoms with Gasteiger partial charge in [0.1, 0.15) is 5.75 Å². The molecule has 0 saturated heterocycles. The number of methoxy groups -OCH3 is 1. The van der Waals surface area contributed by atoms with Crippen molar-refractivity contribution in [2.75, 3.05) is 26.7 Å². The predicted molar refractivity (Wildman–Crippen MR) is 126 cm³/mol. The molecule has 1 heterocycles. The summed E-state index contributed by atoms with van der Waals surface area (Å²) < 4.78 is 5.40. The number of nitrogens with zero attached hydrogens (tertiary/aromatic N) is 2. The van der Waals surface area contributed by atoms with E-state index in [1.54, 1.807) is 18.4 Å². The van der Waals surface area contributed by atoms with Gasteiger partial charge < -0.3 is 15.4 Å². The molecule has 0 aliphatic heterocycles. The van der Waals surface area contributed by atoms with Gasteiger partial charge in [0.15, 0.2) is 5.96 Å². The number of rotatable bonds is 10. The van der Waals surface area contributed by atoms with Crippen molar-refractivity contribution >= 4 is 41.3 Å². The van der Waals surface area contributed by atoms with Gasteiger partial charge in [0.2, 0.25) is 0 Å². The standard InChI is InChI=1S/C20H30N4OS.HI/c1-4-21-20(22-13-8-7-11-19-24-16(2)15-26-19)23-14-12-17-9-5-6-10-18(17)25-3;/h5-6,9-10,15H,4,7-8,11-14H2,1-3H3,(H2,21,22,23);1H. The number of unbranched alkanes of at least 4 members (excludes halogenated alkanes) is 1. The lowest BCUT2D eigenvalue weighted by Crippen LogP contribution is -2.38. The van der Waals surface area contributed by atoms with E-state index in [-0.39, 0.29) is 24.0 Å². The van der Waals surface area contributed by atoms with Crippen LogP contribution in [0.25, 0.3) is 0 Å². The van der Waals surface area contributed by atoms with E-state index in [4.69, 9.17) is 4.74 Å². The number of aryl methyl sites for hydroxylation is 2. The van der Waals surface area contributed by atoms with Gasteiger partial charge in [-0.05, 0) is 51.2 Å². The Kier molecular flexibility index (Phi) is 12.1. The summed E-state index contributed by atoms with van der Waals surface area (Å²) in [5.74, 6) is 1.82. The third-order valence-electron chi connectivity index (χ3n) is 3.96. The molecule has 0 saturated carbocycles. The second-order valence-corrected chi connectivity index (χ2v) is 7.03. The second kappa shape index (κ2) is 13.8. The Balaban J connectivity index is 0.00000364. The van der Waals surface area contributed by atoms with Gasteiger partial charge in [-0.1, -0.05) is 18.2 Å². The molecule has 2 N–H and O–H groups in total. The lowest BCUT2D eigenvalue weighted by Gasteiger charge is -2.12. The number of para-hydroxylation sites is 1. The molecule has 0 aliphatic carbocycles.